The molecular weight excluding hydrogens is 394 g/mol. The minimum Gasteiger partial charge on any atom is -0.464 e. The molecule has 2 aromatic carbocycles. The first kappa shape index (κ1) is 20.3. The molecule has 3 rings (SSSR count). The van der Waals surface area contributed by atoms with E-state index in [4.69, 9.17) is 4.74 Å². The predicted molar refractivity (Wildman–Crippen MR) is 107 cm³/mol. The number of hydrogen-bond donors (Lipinski definition) is 1. The first-order valence-electron chi connectivity index (χ1n) is 8.64. The molecule has 150 valence electrons. The van der Waals surface area contributed by atoms with E-state index in [-0.39, 0.29) is 27.9 Å². The summed E-state index contributed by atoms with van der Waals surface area (Å²) in [6.07, 6.45) is 0. The van der Waals surface area contributed by atoms with Crippen molar-refractivity contribution in [2.24, 2.45) is 0 Å². The summed E-state index contributed by atoms with van der Waals surface area (Å²) in [5.41, 5.74) is 1.08. The Kier molecular flexibility index (Phi) is 5.79. The summed E-state index contributed by atoms with van der Waals surface area (Å²) < 4.78 is 32.4. The van der Waals surface area contributed by atoms with Crippen LogP contribution in [0.4, 0.5) is 5.69 Å². The summed E-state index contributed by atoms with van der Waals surface area (Å²) in [6, 6.07) is 16.4. The van der Waals surface area contributed by atoms with Crippen molar-refractivity contribution in [2.75, 3.05) is 12.4 Å². The average molecular weight is 413 g/mol. The van der Waals surface area contributed by atoms with Gasteiger partial charge >= 0.3 is 5.97 Å². The third-order valence-corrected chi connectivity index (χ3v) is 5.75. The number of nitrogens with one attached hydrogen (secondary N) is 1. The Bertz CT molecular complexity index is 1150. The molecule has 0 fully saturated rings. The summed E-state index contributed by atoms with van der Waals surface area (Å²) in [7, 11) is -2.64. The van der Waals surface area contributed by atoms with E-state index in [1.54, 1.807) is 36.4 Å². The monoisotopic (exact) mass is 413 g/mol. The molecule has 0 radical (unpaired) electrons. The van der Waals surface area contributed by atoms with Gasteiger partial charge in [-0.1, -0.05) is 30.3 Å². The zero-order valence-electron chi connectivity index (χ0n) is 15.8. The van der Waals surface area contributed by atoms with Gasteiger partial charge in [0.15, 0.2) is 15.5 Å². The molecule has 0 atom stereocenters. The number of anilines is 1. The van der Waals surface area contributed by atoms with Gasteiger partial charge in [0.2, 0.25) is 5.91 Å². The van der Waals surface area contributed by atoms with Crippen LogP contribution in [-0.2, 0) is 25.1 Å². The molecule has 8 nitrogen and oxygen atoms in total. The van der Waals surface area contributed by atoms with Gasteiger partial charge in [-0.2, -0.15) is 5.10 Å². The number of carbonyl (C=O) groups is 2. The molecule has 0 saturated heterocycles. The molecule has 0 aliphatic heterocycles. The highest BCUT2D eigenvalue weighted by Crippen LogP contribution is 2.26. The van der Waals surface area contributed by atoms with Crippen LogP contribution in [0.2, 0.25) is 0 Å². The van der Waals surface area contributed by atoms with Gasteiger partial charge in [0.1, 0.15) is 0 Å². The highest BCUT2D eigenvalue weighted by molar-refractivity contribution is 7.90. The number of esters is 1. The third kappa shape index (κ3) is 4.52. The van der Waals surface area contributed by atoms with Crippen LogP contribution in [0.3, 0.4) is 0 Å². The number of amides is 1. The fraction of sp³-hybridized carbons (Fsp3) is 0.150. The lowest BCUT2D eigenvalue weighted by Gasteiger charge is -2.12. The van der Waals surface area contributed by atoms with E-state index in [0.29, 0.717) is 5.69 Å². The zero-order valence-corrected chi connectivity index (χ0v) is 16.6. The van der Waals surface area contributed by atoms with Gasteiger partial charge in [0.05, 0.1) is 34.8 Å². The second-order valence-electron chi connectivity index (χ2n) is 6.20. The van der Waals surface area contributed by atoms with E-state index in [9.17, 15) is 18.0 Å². The van der Waals surface area contributed by atoms with Crippen molar-refractivity contribution in [3.05, 3.63) is 72.1 Å². The highest BCUT2D eigenvalue weighted by atomic mass is 32.2. The SMILES string of the molecule is COC(=O)c1cc(CS(=O)(=O)c2ccccc2NC(C)=O)n(-c2ccccc2)n1. The maximum atomic E-state index is 13.1. The molecule has 0 unspecified atom stereocenters. The van der Waals surface area contributed by atoms with Crippen molar-refractivity contribution in [3.8, 4) is 5.69 Å². The first-order valence-corrected chi connectivity index (χ1v) is 10.3. The van der Waals surface area contributed by atoms with Gasteiger partial charge in [-0.25, -0.2) is 17.9 Å². The van der Waals surface area contributed by atoms with Crippen molar-refractivity contribution in [1.29, 1.82) is 0 Å². The van der Waals surface area contributed by atoms with Gasteiger partial charge in [-0.05, 0) is 30.3 Å². The van der Waals surface area contributed by atoms with E-state index in [1.807, 2.05) is 6.07 Å². The number of nitrogens with zero attached hydrogens (tertiary/aromatic N) is 2. The Labute approximate surface area is 168 Å². The zero-order chi connectivity index (χ0) is 21.0. The van der Waals surface area contributed by atoms with Crippen LogP contribution in [0.1, 0.15) is 23.1 Å². The van der Waals surface area contributed by atoms with Crippen molar-refractivity contribution in [3.63, 3.8) is 0 Å². The van der Waals surface area contributed by atoms with Crippen LogP contribution in [0, 0.1) is 0 Å². The quantitative estimate of drug-likeness (QED) is 0.623. The molecule has 1 amide bonds. The van der Waals surface area contributed by atoms with Gasteiger partial charge in [0.25, 0.3) is 0 Å². The van der Waals surface area contributed by atoms with Crippen LogP contribution in [-0.4, -0.2) is 37.2 Å². The van der Waals surface area contributed by atoms with Crippen LogP contribution in [0.5, 0.6) is 0 Å². The van der Waals surface area contributed by atoms with E-state index >= 15 is 0 Å². The average Bonchev–Trinajstić information content (AvgIpc) is 3.11. The van der Waals surface area contributed by atoms with Crippen LogP contribution >= 0.6 is 0 Å². The molecule has 1 heterocycles. The molecule has 0 aliphatic rings. The number of hydrogen-bond acceptors (Lipinski definition) is 6. The normalized spacial score (nSPS) is 11.1. The molecule has 29 heavy (non-hydrogen) atoms. The number of ether oxygens (including phenoxy) is 1. The number of methoxy groups -OCH3 is 1. The Hall–Kier alpha value is -3.46. The number of sulfone groups is 1. The number of rotatable bonds is 6. The number of carbonyl (C=O) groups excluding carboxylic acids is 2. The summed E-state index contributed by atoms with van der Waals surface area (Å²) >= 11 is 0. The summed E-state index contributed by atoms with van der Waals surface area (Å²) in [6.45, 7) is 1.30. The van der Waals surface area contributed by atoms with Crippen molar-refractivity contribution < 1.29 is 22.7 Å². The second kappa shape index (κ2) is 8.27. The molecular formula is C20H19N3O5S. The molecule has 1 N–H and O–H groups in total. The largest absolute Gasteiger partial charge is 0.464 e. The standard InChI is InChI=1S/C20H19N3O5S/c1-14(24)21-17-10-6-7-11-19(17)29(26,27)13-16-12-18(20(25)28-2)22-23(16)15-8-4-3-5-9-15/h3-12H,13H2,1-2H3,(H,21,24). The van der Waals surface area contributed by atoms with Crippen molar-refractivity contribution >= 4 is 27.4 Å². The minimum atomic E-state index is -3.87. The highest BCUT2D eigenvalue weighted by Gasteiger charge is 2.24. The molecule has 0 spiro atoms. The number of aromatic nitrogens is 2. The molecule has 0 bridgehead atoms. The van der Waals surface area contributed by atoms with Crippen LogP contribution < -0.4 is 5.32 Å². The van der Waals surface area contributed by atoms with Gasteiger partial charge in [0, 0.05) is 6.92 Å². The molecule has 0 saturated carbocycles. The molecule has 3 aromatic rings. The minimum absolute atomic E-state index is 0.00306. The van der Waals surface area contributed by atoms with Crippen LogP contribution in [0.15, 0.2) is 65.6 Å². The van der Waals surface area contributed by atoms with Crippen molar-refractivity contribution in [2.45, 2.75) is 17.6 Å². The first-order chi connectivity index (χ1) is 13.8. The van der Waals surface area contributed by atoms with E-state index < -0.39 is 21.6 Å². The number of benzene rings is 2. The summed E-state index contributed by atoms with van der Waals surface area (Å²) in [5.74, 6) is -1.48. The van der Waals surface area contributed by atoms with Gasteiger partial charge in [-0.15, -0.1) is 0 Å². The fourth-order valence-electron chi connectivity index (χ4n) is 2.82. The van der Waals surface area contributed by atoms with E-state index in [0.717, 1.165) is 0 Å². The topological polar surface area (TPSA) is 107 Å². The van der Waals surface area contributed by atoms with Gasteiger partial charge in [-0.3, -0.25) is 4.79 Å². The maximum absolute atomic E-state index is 13.1. The predicted octanol–water partition coefficient (Wildman–Crippen LogP) is 2.59. The smallest absolute Gasteiger partial charge is 0.358 e. The summed E-state index contributed by atoms with van der Waals surface area (Å²) in [5, 5.41) is 6.74. The van der Waals surface area contributed by atoms with Crippen molar-refractivity contribution in [1.82, 2.24) is 9.78 Å². The molecule has 1 aromatic heterocycles. The number of para-hydroxylation sites is 2. The Balaban J connectivity index is 2.07. The second-order valence-corrected chi connectivity index (χ2v) is 8.15. The molecule has 0 aliphatic carbocycles. The van der Waals surface area contributed by atoms with E-state index in [1.165, 1.54) is 36.9 Å². The lowest BCUT2D eigenvalue weighted by molar-refractivity contribution is -0.114. The Morgan fingerprint density at radius 2 is 1.72 bits per heavy atom. The Morgan fingerprint density at radius 1 is 1.07 bits per heavy atom. The fourth-order valence-corrected chi connectivity index (χ4v) is 4.31. The summed E-state index contributed by atoms with van der Waals surface area (Å²) in [4.78, 5) is 23.3. The lowest BCUT2D eigenvalue weighted by Crippen LogP contribution is -2.14. The lowest BCUT2D eigenvalue weighted by atomic mass is 10.3. The maximum Gasteiger partial charge on any atom is 0.358 e. The van der Waals surface area contributed by atoms with Crippen LogP contribution in [0.25, 0.3) is 5.69 Å². The molecule has 9 heteroatoms. The third-order valence-electron chi connectivity index (χ3n) is 4.05. The Morgan fingerprint density at radius 3 is 2.38 bits per heavy atom. The van der Waals surface area contributed by atoms with Gasteiger partial charge < -0.3 is 10.1 Å². The van der Waals surface area contributed by atoms with E-state index in [2.05, 4.69) is 10.4 Å².